The van der Waals surface area contributed by atoms with Gasteiger partial charge in [-0.25, -0.2) is 18.5 Å². The predicted molar refractivity (Wildman–Crippen MR) is 98.0 cm³/mol. The molecule has 3 aromatic rings. The van der Waals surface area contributed by atoms with E-state index in [9.17, 15) is 21.6 Å². The van der Waals surface area contributed by atoms with Gasteiger partial charge in [0.05, 0.1) is 12.0 Å². The van der Waals surface area contributed by atoms with Crippen LogP contribution in [0.5, 0.6) is 5.88 Å². The van der Waals surface area contributed by atoms with Gasteiger partial charge in [-0.3, -0.25) is 0 Å². The van der Waals surface area contributed by atoms with E-state index < -0.39 is 21.9 Å². The van der Waals surface area contributed by atoms with Gasteiger partial charge in [-0.2, -0.15) is 13.2 Å². The molecule has 2 aromatic carbocycles. The fraction of sp³-hybridized carbons (Fsp3) is 0.105. The third-order valence-electron chi connectivity index (χ3n) is 4.03. The number of alkyl halides is 3. The zero-order valence-electron chi connectivity index (χ0n) is 14.6. The molecule has 5 nitrogen and oxygen atoms in total. The fourth-order valence-corrected chi connectivity index (χ4v) is 3.30. The molecular formula is C19H15F3N2O3S. The standard InChI is InChI=1S/C19H15F3N2O3S/c1-27-16-11-15(12-7-9-14(10-8-12)28(23,25)26)17(13-5-3-2-4-6-13)18(24-16)19(20,21)22/h2-11H,1H3,(H2,23,25,26). The quantitative estimate of drug-likeness (QED) is 0.705. The zero-order valence-corrected chi connectivity index (χ0v) is 15.4. The molecule has 0 fully saturated rings. The van der Waals surface area contributed by atoms with Gasteiger partial charge in [-0.15, -0.1) is 0 Å². The summed E-state index contributed by atoms with van der Waals surface area (Å²) >= 11 is 0. The number of halogens is 3. The largest absolute Gasteiger partial charge is 0.481 e. The lowest BCUT2D eigenvalue weighted by Gasteiger charge is -2.18. The van der Waals surface area contributed by atoms with Gasteiger partial charge in [0.1, 0.15) is 0 Å². The van der Waals surface area contributed by atoms with E-state index in [4.69, 9.17) is 9.88 Å². The summed E-state index contributed by atoms with van der Waals surface area (Å²) in [6.45, 7) is 0. The minimum absolute atomic E-state index is 0.128. The van der Waals surface area contributed by atoms with Crippen molar-refractivity contribution < 1.29 is 26.3 Å². The molecule has 1 heterocycles. The molecule has 9 heteroatoms. The second-order valence-electron chi connectivity index (χ2n) is 5.87. The molecule has 0 bridgehead atoms. The lowest BCUT2D eigenvalue weighted by molar-refractivity contribution is -0.140. The van der Waals surface area contributed by atoms with Crippen LogP contribution in [0, 0.1) is 0 Å². The van der Waals surface area contributed by atoms with Crippen LogP contribution >= 0.6 is 0 Å². The highest BCUT2D eigenvalue weighted by Crippen LogP contribution is 2.43. The van der Waals surface area contributed by atoms with E-state index in [1.54, 1.807) is 30.3 Å². The number of primary sulfonamides is 1. The average Bonchev–Trinajstić information content (AvgIpc) is 2.66. The smallest absolute Gasteiger partial charge is 0.434 e. The molecule has 0 unspecified atom stereocenters. The number of rotatable bonds is 4. The number of nitrogens with two attached hydrogens (primary N) is 1. The Hall–Kier alpha value is -2.91. The van der Waals surface area contributed by atoms with Crippen molar-refractivity contribution in [3.8, 4) is 28.1 Å². The number of aromatic nitrogens is 1. The molecule has 0 aliphatic heterocycles. The van der Waals surface area contributed by atoms with E-state index in [-0.39, 0.29) is 21.9 Å². The molecule has 146 valence electrons. The Morgan fingerprint density at radius 1 is 0.964 bits per heavy atom. The number of methoxy groups -OCH3 is 1. The topological polar surface area (TPSA) is 82.3 Å². The van der Waals surface area contributed by atoms with E-state index in [2.05, 4.69) is 4.98 Å². The van der Waals surface area contributed by atoms with E-state index in [1.165, 1.54) is 37.4 Å². The van der Waals surface area contributed by atoms with Crippen molar-refractivity contribution >= 4 is 10.0 Å². The number of pyridine rings is 1. The van der Waals surface area contributed by atoms with Crippen molar-refractivity contribution in [1.29, 1.82) is 0 Å². The summed E-state index contributed by atoms with van der Waals surface area (Å²) in [5, 5.41) is 5.09. The van der Waals surface area contributed by atoms with Crippen molar-refractivity contribution in [3.05, 3.63) is 66.4 Å². The summed E-state index contributed by atoms with van der Waals surface area (Å²) in [6.07, 6.45) is -4.73. The molecule has 1 aromatic heterocycles. The summed E-state index contributed by atoms with van der Waals surface area (Å²) in [6, 6.07) is 14.6. The molecule has 0 saturated heterocycles. The molecule has 0 aliphatic carbocycles. The Morgan fingerprint density at radius 3 is 2.07 bits per heavy atom. The molecule has 0 aliphatic rings. The van der Waals surface area contributed by atoms with Crippen LogP contribution in [0.1, 0.15) is 5.69 Å². The van der Waals surface area contributed by atoms with Crippen molar-refractivity contribution in [2.24, 2.45) is 5.14 Å². The van der Waals surface area contributed by atoms with Crippen molar-refractivity contribution in [3.63, 3.8) is 0 Å². The third-order valence-corrected chi connectivity index (χ3v) is 4.96. The van der Waals surface area contributed by atoms with Gasteiger partial charge in [-0.05, 0) is 28.8 Å². The number of benzene rings is 2. The lowest BCUT2D eigenvalue weighted by Crippen LogP contribution is -2.13. The number of sulfonamides is 1. The maximum Gasteiger partial charge on any atom is 0.434 e. The molecule has 2 N–H and O–H groups in total. The van der Waals surface area contributed by atoms with Crippen LogP contribution < -0.4 is 9.88 Å². The third kappa shape index (κ3) is 4.00. The van der Waals surface area contributed by atoms with Crippen LogP contribution in [0.2, 0.25) is 0 Å². The van der Waals surface area contributed by atoms with E-state index in [0.717, 1.165) is 0 Å². The van der Waals surface area contributed by atoms with Crippen LogP contribution in [0.15, 0.2) is 65.6 Å². The van der Waals surface area contributed by atoms with E-state index in [0.29, 0.717) is 11.1 Å². The van der Waals surface area contributed by atoms with Crippen LogP contribution in [0.3, 0.4) is 0 Å². The Bertz CT molecular complexity index is 1100. The van der Waals surface area contributed by atoms with Crippen molar-refractivity contribution in [1.82, 2.24) is 4.98 Å². The van der Waals surface area contributed by atoms with Gasteiger partial charge in [0.25, 0.3) is 0 Å². The summed E-state index contributed by atoms with van der Waals surface area (Å²) in [5.74, 6) is -0.211. The van der Waals surface area contributed by atoms with Crippen LogP contribution in [0.25, 0.3) is 22.3 Å². The van der Waals surface area contributed by atoms with Crippen LogP contribution in [-0.4, -0.2) is 20.5 Å². The summed E-state index contributed by atoms with van der Waals surface area (Å²) in [4.78, 5) is 3.47. The monoisotopic (exact) mass is 408 g/mol. The molecule has 0 radical (unpaired) electrons. The first kappa shape index (κ1) is 19.8. The van der Waals surface area contributed by atoms with E-state index >= 15 is 0 Å². The SMILES string of the molecule is COc1cc(-c2ccc(S(N)(=O)=O)cc2)c(-c2ccccc2)c(C(F)(F)F)n1. The first-order valence-electron chi connectivity index (χ1n) is 7.96. The molecule has 0 amide bonds. The number of ether oxygens (including phenoxy) is 1. The predicted octanol–water partition coefficient (Wildman–Crippen LogP) is 4.09. The van der Waals surface area contributed by atoms with Gasteiger partial charge in [0.15, 0.2) is 5.69 Å². The molecule has 0 saturated carbocycles. The molecule has 0 spiro atoms. The minimum Gasteiger partial charge on any atom is -0.481 e. The number of nitrogens with zero attached hydrogens (tertiary/aromatic N) is 1. The van der Waals surface area contributed by atoms with Gasteiger partial charge in [0.2, 0.25) is 15.9 Å². The number of hydrogen-bond donors (Lipinski definition) is 1. The second-order valence-corrected chi connectivity index (χ2v) is 7.43. The highest BCUT2D eigenvalue weighted by atomic mass is 32.2. The second kappa shape index (κ2) is 7.25. The van der Waals surface area contributed by atoms with Gasteiger partial charge in [0, 0.05) is 11.6 Å². The van der Waals surface area contributed by atoms with Gasteiger partial charge in [-0.1, -0.05) is 42.5 Å². The van der Waals surface area contributed by atoms with Gasteiger partial charge >= 0.3 is 6.18 Å². The molecular weight excluding hydrogens is 393 g/mol. The lowest BCUT2D eigenvalue weighted by atomic mass is 9.93. The summed E-state index contributed by atoms with van der Waals surface area (Å²) in [7, 11) is -2.70. The zero-order chi connectivity index (χ0) is 20.5. The molecule has 28 heavy (non-hydrogen) atoms. The Kier molecular flexibility index (Phi) is 5.14. The minimum atomic E-state index is -4.73. The average molecular weight is 408 g/mol. The fourth-order valence-electron chi connectivity index (χ4n) is 2.78. The Balaban J connectivity index is 2.33. The molecule has 0 atom stereocenters. The summed E-state index contributed by atoms with van der Waals surface area (Å²) < 4.78 is 69.1. The highest BCUT2D eigenvalue weighted by Gasteiger charge is 2.38. The van der Waals surface area contributed by atoms with Crippen molar-refractivity contribution in [2.75, 3.05) is 7.11 Å². The van der Waals surface area contributed by atoms with Crippen LogP contribution in [0.4, 0.5) is 13.2 Å². The number of hydrogen-bond acceptors (Lipinski definition) is 4. The maximum absolute atomic E-state index is 13.8. The normalized spacial score (nSPS) is 12.0. The Morgan fingerprint density at radius 2 is 1.57 bits per heavy atom. The van der Waals surface area contributed by atoms with Gasteiger partial charge < -0.3 is 4.74 Å². The Labute approximate surface area is 159 Å². The first-order chi connectivity index (χ1) is 13.1. The highest BCUT2D eigenvalue weighted by molar-refractivity contribution is 7.89. The summed E-state index contributed by atoms with van der Waals surface area (Å²) in [5.41, 5.74) is -0.347. The van der Waals surface area contributed by atoms with Crippen molar-refractivity contribution in [2.45, 2.75) is 11.1 Å². The maximum atomic E-state index is 13.8. The van der Waals surface area contributed by atoms with Crippen LogP contribution in [-0.2, 0) is 16.2 Å². The first-order valence-corrected chi connectivity index (χ1v) is 9.51. The molecule has 3 rings (SSSR count). The van der Waals surface area contributed by atoms with E-state index in [1.807, 2.05) is 0 Å².